The smallest absolute Gasteiger partial charge is 0.241 e. The molecule has 1 fully saturated rings. The molecule has 7 nitrogen and oxygen atoms in total. The molecule has 0 bridgehead atoms. The van der Waals surface area contributed by atoms with Crippen molar-refractivity contribution < 1.29 is 14.3 Å². The van der Waals surface area contributed by atoms with Crippen molar-refractivity contribution >= 4 is 11.9 Å². The Bertz CT molecular complexity index is 296. The van der Waals surface area contributed by atoms with E-state index in [0.29, 0.717) is 38.8 Å². The number of nitrogens with one attached hydrogen (secondary N) is 1. The first-order chi connectivity index (χ1) is 8.63. The van der Waals surface area contributed by atoms with Gasteiger partial charge in [0, 0.05) is 26.7 Å². The number of carbonyl (C=O) groups is 1. The van der Waals surface area contributed by atoms with Gasteiger partial charge in [0.15, 0.2) is 5.96 Å². The molecule has 0 aromatic rings. The molecule has 1 amide bonds. The maximum Gasteiger partial charge on any atom is 0.241 e. The molecule has 1 rings (SSSR count). The van der Waals surface area contributed by atoms with E-state index in [-0.39, 0.29) is 18.6 Å². The molecule has 0 spiro atoms. The molecule has 0 aliphatic carbocycles. The molecule has 18 heavy (non-hydrogen) atoms. The van der Waals surface area contributed by atoms with E-state index in [1.807, 2.05) is 11.8 Å². The lowest BCUT2D eigenvalue weighted by Gasteiger charge is -2.31. The first kappa shape index (κ1) is 14.7. The average Bonchev–Trinajstić information content (AvgIpc) is 2.36. The number of aliphatic imine (C=N–C) groups is 1. The Morgan fingerprint density at radius 3 is 3.11 bits per heavy atom. The van der Waals surface area contributed by atoms with E-state index in [4.69, 9.17) is 15.2 Å². The van der Waals surface area contributed by atoms with Crippen LogP contribution in [0.2, 0.25) is 0 Å². The predicted molar refractivity (Wildman–Crippen MR) is 68.4 cm³/mol. The standard InChI is InChI=1S/C11H22N4O3/c1-9-8-15(4-6-18-9)11(12)14-7-10(16)13-3-5-17-2/h9H,3-8H2,1-2H3,(H2,12,14)(H,13,16). The van der Waals surface area contributed by atoms with Gasteiger partial charge < -0.3 is 25.4 Å². The third-order valence-corrected chi connectivity index (χ3v) is 2.58. The van der Waals surface area contributed by atoms with Crippen LogP contribution in [-0.4, -0.2) is 69.4 Å². The minimum Gasteiger partial charge on any atom is -0.383 e. The van der Waals surface area contributed by atoms with Gasteiger partial charge in [0.25, 0.3) is 0 Å². The number of rotatable bonds is 5. The molecule has 1 aliphatic rings. The highest BCUT2D eigenvalue weighted by Gasteiger charge is 2.18. The van der Waals surface area contributed by atoms with Gasteiger partial charge in [-0.05, 0) is 6.92 Å². The van der Waals surface area contributed by atoms with E-state index < -0.39 is 0 Å². The summed E-state index contributed by atoms with van der Waals surface area (Å²) < 4.78 is 10.2. The van der Waals surface area contributed by atoms with E-state index in [2.05, 4.69) is 10.3 Å². The van der Waals surface area contributed by atoms with Crippen LogP contribution < -0.4 is 11.1 Å². The van der Waals surface area contributed by atoms with Gasteiger partial charge >= 0.3 is 0 Å². The zero-order valence-electron chi connectivity index (χ0n) is 11.0. The fourth-order valence-corrected chi connectivity index (χ4v) is 1.63. The van der Waals surface area contributed by atoms with Gasteiger partial charge in [0.05, 0.1) is 19.3 Å². The summed E-state index contributed by atoms with van der Waals surface area (Å²) in [4.78, 5) is 17.4. The highest BCUT2D eigenvalue weighted by molar-refractivity contribution is 5.84. The molecule has 0 aromatic carbocycles. The molecular weight excluding hydrogens is 236 g/mol. The van der Waals surface area contributed by atoms with Crippen LogP contribution in [0, 0.1) is 0 Å². The normalized spacial score (nSPS) is 20.9. The molecule has 0 saturated carbocycles. The molecule has 1 unspecified atom stereocenters. The van der Waals surface area contributed by atoms with Crippen LogP contribution in [0.15, 0.2) is 4.99 Å². The number of ether oxygens (including phenoxy) is 2. The van der Waals surface area contributed by atoms with Gasteiger partial charge in [-0.2, -0.15) is 0 Å². The molecular formula is C11H22N4O3. The van der Waals surface area contributed by atoms with Crippen LogP contribution in [0.4, 0.5) is 0 Å². The van der Waals surface area contributed by atoms with Crippen LogP contribution in [-0.2, 0) is 14.3 Å². The van der Waals surface area contributed by atoms with Crippen molar-refractivity contribution in [2.24, 2.45) is 10.7 Å². The summed E-state index contributed by atoms with van der Waals surface area (Å²) >= 11 is 0. The maximum absolute atomic E-state index is 11.4. The summed E-state index contributed by atoms with van der Waals surface area (Å²) in [5, 5.41) is 2.68. The van der Waals surface area contributed by atoms with Gasteiger partial charge in [0.1, 0.15) is 6.54 Å². The number of hydrogen-bond acceptors (Lipinski definition) is 4. The molecule has 1 heterocycles. The molecule has 1 atom stereocenters. The summed E-state index contributed by atoms with van der Waals surface area (Å²) in [5.74, 6) is 0.239. The minimum absolute atomic E-state index is 0.0429. The van der Waals surface area contributed by atoms with Crippen molar-refractivity contribution in [3.63, 3.8) is 0 Å². The lowest BCUT2D eigenvalue weighted by atomic mass is 10.3. The van der Waals surface area contributed by atoms with E-state index in [9.17, 15) is 4.79 Å². The molecule has 1 saturated heterocycles. The number of hydrogen-bond donors (Lipinski definition) is 2. The van der Waals surface area contributed by atoms with Gasteiger partial charge in [-0.25, -0.2) is 4.99 Å². The first-order valence-electron chi connectivity index (χ1n) is 6.05. The number of nitrogens with two attached hydrogens (primary N) is 1. The molecule has 7 heteroatoms. The Balaban J connectivity index is 2.29. The molecule has 0 aromatic heterocycles. The molecule has 104 valence electrons. The largest absolute Gasteiger partial charge is 0.383 e. The number of nitrogens with zero attached hydrogens (tertiary/aromatic N) is 2. The Hall–Kier alpha value is -1.34. The third-order valence-electron chi connectivity index (χ3n) is 2.58. The van der Waals surface area contributed by atoms with Crippen molar-refractivity contribution in [2.45, 2.75) is 13.0 Å². The average molecular weight is 258 g/mol. The van der Waals surface area contributed by atoms with Gasteiger partial charge in [-0.15, -0.1) is 0 Å². The van der Waals surface area contributed by atoms with Crippen LogP contribution in [0.25, 0.3) is 0 Å². The summed E-state index contributed by atoms with van der Waals surface area (Å²) in [6, 6.07) is 0. The summed E-state index contributed by atoms with van der Waals surface area (Å²) in [6.07, 6.45) is 0.142. The summed E-state index contributed by atoms with van der Waals surface area (Å²) in [7, 11) is 1.59. The Labute approximate surface area is 107 Å². The maximum atomic E-state index is 11.4. The zero-order chi connectivity index (χ0) is 13.4. The zero-order valence-corrected chi connectivity index (χ0v) is 11.0. The lowest BCUT2D eigenvalue weighted by Crippen LogP contribution is -2.48. The summed E-state index contributed by atoms with van der Waals surface area (Å²) in [6.45, 7) is 5.06. The summed E-state index contributed by atoms with van der Waals surface area (Å²) in [5.41, 5.74) is 5.83. The van der Waals surface area contributed by atoms with Crippen molar-refractivity contribution in [2.75, 3.05) is 46.5 Å². The van der Waals surface area contributed by atoms with E-state index in [1.165, 1.54) is 0 Å². The Morgan fingerprint density at radius 2 is 2.44 bits per heavy atom. The predicted octanol–water partition coefficient (Wildman–Crippen LogP) is -1.22. The van der Waals surface area contributed by atoms with Crippen molar-refractivity contribution in [3.05, 3.63) is 0 Å². The van der Waals surface area contributed by atoms with Gasteiger partial charge in [-0.3, -0.25) is 4.79 Å². The number of amides is 1. The fourth-order valence-electron chi connectivity index (χ4n) is 1.63. The third kappa shape index (κ3) is 5.33. The lowest BCUT2D eigenvalue weighted by molar-refractivity contribution is -0.119. The van der Waals surface area contributed by atoms with Crippen LogP contribution in [0.3, 0.4) is 0 Å². The van der Waals surface area contributed by atoms with Crippen LogP contribution in [0.5, 0.6) is 0 Å². The van der Waals surface area contributed by atoms with Crippen LogP contribution in [0.1, 0.15) is 6.92 Å². The van der Waals surface area contributed by atoms with E-state index >= 15 is 0 Å². The molecule has 3 N–H and O–H groups in total. The SMILES string of the molecule is COCCNC(=O)CN=C(N)N1CCOC(C)C1. The highest BCUT2D eigenvalue weighted by atomic mass is 16.5. The first-order valence-corrected chi connectivity index (χ1v) is 6.05. The second-order valence-electron chi connectivity index (χ2n) is 4.14. The number of carbonyl (C=O) groups excluding carboxylic acids is 1. The van der Waals surface area contributed by atoms with Crippen molar-refractivity contribution in [3.8, 4) is 0 Å². The number of morpholine rings is 1. The topological polar surface area (TPSA) is 89.2 Å². The van der Waals surface area contributed by atoms with Gasteiger partial charge in [0.2, 0.25) is 5.91 Å². The molecule has 1 aliphatic heterocycles. The highest BCUT2D eigenvalue weighted by Crippen LogP contribution is 2.03. The van der Waals surface area contributed by atoms with E-state index in [0.717, 1.165) is 0 Å². The fraction of sp³-hybridized carbons (Fsp3) is 0.818. The van der Waals surface area contributed by atoms with Crippen molar-refractivity contribution in [1.29, 1.82) is 0 Å². The van der Waals surface area contributed by atoms with Crippen molar-refractivity contribution in [1.82, 2.24) is 10.2 Å². The monoisotopic (exact) mass is 258 g/mol. The Kier molecular flexibility index (Phi) is 6.45. The molecule has 0 radical (unpaired) electrons. The van der Waals surface area contributed by atoms with Crippen LogP contribution >= 0.6 is 0 Å². The second kappa shape index (κ2) is 7.88. The second-order valence-corrected chi connectivity index (χ2v) is 4.14. The van der Waals surface area contributed by atoms with Gasteiger partial charge in [-0.1, -0.05) is 0 Å². The number of guanidine groups is 1. The minimum atomic E-state index is -0.156. The Morgan fingerprint density at radius 1 is 1.67 bits per heavy atom. The van der Waals surface area contributed by atoms with E-state index in [1.54, 1.807) is 7.11 Å². The number of methoxy groups -OCH3 is 1. The quantitative estimate of drug-likeness (QED) is 0.367.